The molecule has 0 spiro atoms. The van der Waals surface area contributed by atoms with Crippen LogP contribution in [0.25, 0.3) is 0 Å². The smallest absolute Gasteiger partial charge is 0.225 e. The SMILES string of the molecule is COc1ccccc1CCNc1cc(C)nc(NCc2ccccc2F)n1. The Morgan fingerprint density at radius 3 is 2.48 bits per heavy atom. The molecule has 2 aromatic carbocycles. The number of nitrogens with zero attached hydrogens (tertiary/aromatic N) is 2. The molecule has 1 aromatic heterocycles. The average Bonchev–Trinajstić information content (AvgIpc) is 2.67. The number of methoxy groups -OCH3 is 1. The van der Waals surface area contributed by atoms with Gasteiger partial charge in [-0.25, -0.2) is 9.37 Å². The molecule has 27 heavy (non-hydrogen) atoms. The summed E-state index contributed by atoms with van der Waals surface area (Å²) in [4.78, 5) is 8.83. The number of aryl methyl sites for hydroxylation is 1. The summed E-state index contributed by atoms with van der Waals surface area (Å²) in [5, 5.41) is 6.40. The molecule has 0 fully saturated rings. The second-order valence-corrected chi connectivity index (χ2v) is 6.15. The Kier molecular flexibility index (Phi) is 6.20. The first-order valence-corrected chi connectivity index (χ1v) is 8.84. The number of rotatable bonds is 8. The molecule has 3 aromatic rings. The van der Waals surface area contributed by atoms with Crippen LogP contribution in [0.2, 0.25) is 0 Å². The minimum absolute atomic E-state index is 0.243. The van der Waals surface area contributed by atoms with Gasteiger partial charge in [-0.15, -0.1) is 0 Å². The van der Waals surface area contributed by atoms with Gasteiger partial charge in [-0.2, -0.15) is 4.98 Å². The molecule has 2 N–H and O–H groups in total. The van der Waals surface area contributed by atoms with Gasteiger partial charge in [-0.05, 0) is 31.0 Å². The zero-order valence-electron chi connectivity index (χ0n) is 15.5. The highest BCUT2D eigenvalue weighted by Gasteiger charge is 2.06. The third kappa shape index (κ3) is 5.17. The Balaban J connectivity index is 1.60. The van der Waals surface area contributed by atoms with E-state index in [4.69, 9.17) is 4.74 Å². The summed E-state index contributed by atoms with van der Waals surface area (Å²) in [5.74, 6) is 1.84. The number of ether oxygens (including phenoxy) is 1. The molecular weight excluding hydrogens is 343 g/mol. The lowest BCUT2D eigenvalue weighted by molar-refractivity contribution is 0.410. The molecule has 0 aliphatic rings. The maximum Gasteiger partial charge on any atom is 0.225 e. The number of hydrogen-bond donors (Lipinski definition) is 2. The van der Waals surface area contributed by atoms with E-state index in [1.54, 1.807) is 19.2 Å². The van der Waals surface area contributed by atoms with E-state index in [2.05, 4.69) is 20.6 Å². The molecule has 0 unspecified atom stereocenters. The van der Waals surface area contributed by atoms with Crippen molar-refractivity contribution >= 4 is 11.8 Å². The van der Waals surface area contributed by atoms with E-state index in [0.29, 0.717) is 24.6 Å². The van der Waals surface area contributed by atoms with Crippen LogP contribution >= 0.6 is 0 Å². The highest BCUT2D eigenvalue weighted by molar-refractivity contribution is 5.43. The first-order chi connectivity index (χ1) is 13.2. The van der Waals surface area contributed by atoms with Gasteiger partial charge < -0.3 is 15.4 Å². The molecule has 0 saturated carbocycles. The van der Waals surface area contributed by atoms with Gasteiger partial charge in [0.25, 0.3) is 0 Å². The van der Waals surface area contributed by atoms with E-state index in [1.165, 1.54) is 6.07 Å². The fourth-order valence-electron chi connectivity index (χ4n) is 2.79. The van der Waals surface area contributed by atoms with Crippen molar-refractivity contribution in [2.75, 3.05) is 24.3 Å². The number of benzene rings is 2. The lowest BCUT2D eigenvalue weighted by Crippen LogP contribution is -2.11. The van der Waals surface area contributed by atoms with Crippen LogP contribution in [0.3, 0.4) is 0 Å². The zero-order chi connectivity index (χ0) is 19.1. The molecule has 0 amide bonds. The van der Waals surface area contributed by atoms with Crippen molar-refractivity contribution in [1.29, 1.82) is 0 Å². The van der Waals surface area contributed by atoms with E-state index in [0.717, 1.165) is 29.2 Å². The molecule has 0 atom stereocenters. The van der Waals surface area contributed by atoms with Crippen LogP contribution < -0.4 is 15.4 Å². The lowest BCUT2D eigenvalue weighted by Gasteiger charge is -2.11. The summed E-state index contributed by atoms with van der Waals surface area (Å²) in [6, 6.07) is 16.5. The van der Waals surface area contributed by atoms with E-state index < -0.39 is 0 Å². The molecule has 0 bridgehead atoms. The average molecular weight is 366 g/mol. The molecule has 0 saturated heterocycles. The predicted molar refractivity (Wildman–Crippen MR) is 106 cm³/mol. The minimum Gasteiger partial charge on any atom is -0.496 e. The Hall–Kier alpha value is -3.15. The predicted octanol–water partition coefficient (Wildman–Crippen LogP) is 4.20. The van der Waals surface area contributed by atoms with Crippen molar-refractivity contribution in [3.05, 3.63) is 77.2 Å². The van der Waals surface area contributed by atoms with Gasteiger partial charge in [-0.3, -0.25) is 0 Å². The molecule has 140 valence electrons. The molecule has 6 heteroatoms. The van der Waals surface area contributed by atoms with Crippen LogP contribution in [-0.2, 0) is 13.0 Å². The Labute approximate surface area is 158 Å². The number of anilines is 2. The largest absolute Gasteiger partial charge is 0.496 e. The second-order valence-electron chi connectivity index (χ2n) is 6.15. The summed E-state index contributed by atoms with van der Waals surface area (Å²) in [5.41, 5.74) is 2.55. The number of halogens is 1. The van der Waals surface area contributed by atoms with Crippen molar-refractivity contribution in [2.24, 2.45) is 0 Å². The van der Waals surface area contributed by atoms with Crippen molar-refractivity contribution < 1.29 is 9.13 Å². The quantitative estimate of drug-likeness (QED) is 0.626. The van der Waals surface area contributed by atoms with Gasteiger partial charge in [0.2, 0.25) is 5.95 Å². The topological polar surface area (TPSA) is 59.1 Å². The van der Waals surface area contributed by atoms with E-state index in [9.17, 15) is 4.39 Å². The van der Waals surface area contributed by atoms with E-state index >= 15 is 0 Å². The Morgan fingerprint density at radius 1 is 0.963 bits per heavy atom. The molecule has 0 aliphatic heterocycles. The van der Waals surface area contributed by atoms with Gasteiger partial charge in [-0.1, -0.05) is 36.4 Å². The maximum absolute atomic E-state index is 13.7. The monoisotopic (exact) mass is 366 g/mol. The first kappa shape index (κ1) is 18.6. The van der Waals surface area contributed by atoms with Crippen LogP contribution in [0, 0.1) is 12.7 Å². The van der Waals surface area contributed by atoms with E-state index in [-0.39, 0.29) is 5.82 Å². The number of para-hydroxylation sites is 1. The molecule has 0 radical (unpaired) electrons. The highest BCUT2D eigenvalue weighted by atomic mass is 19.1. The normalized spacial score (nSPS) is 10.5. The molecule has 3 rings (SSSR count). The van der Waals surface area contributed by atoms with Crippen molar-refractivity contribution in [3.8, 4) is 5.75 Å². The Morgan fingerprint density at radius 2 is 1.70 bits per heavy atom. The summed E-state index contributed by atoms with van der Waals surface area (Å²) in [6.07, 6.45) is 0.811. The summed E-state index contributed by atoms with van der Waals surface area (Å²) in [7, 11) is 1.67. The van der Waals surface area contributed by atoms with Crippen LogP contribution in [0.4, 0.5) is 16.2 Å². The lowest BCUT2D eigenvalue weighted by atomic mass is 10.1. The number of hydrogen-bond acceptors (Lipinski definition) is 5. The van der Waals surface area contributed by atoms with E-state index in [1.807, 2.05) is 43.3 Å². The second kappa shape index (κ2) is 8.98. The Bertz CT molecular complexity index is 901. The molecule has 5 nitrogen and oxygen atoms in total. The van der Waals surface area contributed by atoms with Gasteiger partial charge in [0.05, 0.1) is 7.11 Å². The van der Waals surface area contributed by atoms with Crippen LogP contribution in [0.1, 0.15) is 16.8 Å². The minimum atomic E-state index is -0.243. The standard InChI is InChI=1S/C21H23FN4O/c1-15-13-20(23-12-11-16-7-4-6-10-19(16)27-2)26-21(25-15)24-14-17-8-3-5-9-18(17)22/h3-10,13H,11-12,14H2,1-2H3,(H2,23,24,25,26). The van der Waals surface area contributed by atoms with Crippen molar-refractivity contribution in [3.63, 3.8) is 0 Å². The van der Waals surface area contributed by atoms with Crippen LogP contribution in [-0.4, -0.2) is 23.6 Å². The van der Waals surface area contributed by atoms with Gasteiger partial charge in [0, 0.05) is 30.4 Å². The zero-order valence-corrected chi connectivity index (χ0v) is 15.5. The fraction of sp³-hybridized carbons (Fsp3) is 0.238. The van der Waals surface area contributed by atoms with Gasteiger partial charge in [0.1, 0.15) is 17.4 Å². The summed E-state index contributed by atoms with van der Waals surface area (Å²) in [6.45, 7) is 2.95. The maximum atomic E-state index is 13.7. The molecule has 1 heterocycles. The van der Waals surface area contributed by atoms with Crippen molar-refractivity contribution in [1.82, 2.24) is 9.97 Å². The number of nitrogens with one attached hydrogen (secondary N) is 2. The number of aromatic nitrogens is 2. The van der Waals surface area contributed by atoms with Gasteiger partial charge in [0.15, 0.2) is 0 Å². The van der Waals surface area contributed by atoms with Crippen molar-refractivity contribution in [2.45, 2.75) is 19.9 Å². The van der Waals surface area contributed by atoms with Gasteiger partial charge >= 0.3 is 0 Å². The van der Waals surface area contributed by atoms with Crippen LogP contribution in [0.15, 0.2) is 54.6 Å². The highest BCUT2D eigenvalue weighted by Crippen LogP contribution is 2.18. The third-order valence-electron chi connectivity index (χ3n) is 4.14. The third-order valence-corrected chi connectivity index (χ3v) is 4.14. The summed E-state index contributed by atoms with van der Waals surface area (Å²) >= 11 is 0. The van der Waals surface area contributed by atoms with Crippen LogP contribution in [0.5, 0.6) is 5.75 Å². The first-order valence-electron chi connectivity index (χ1n) is 8.84. The molecule has 0 aliphatic carbocycles. The summed E-state index contributed by atoms with van der Waals surface area (Å²) < 4.78 is 19.1. The molecular formula is C21H23FN4O. The fourth-order valence-corrected chi connectivity index (χ4v) is 2.79.